The number of aromatic hydroxyl groups is 1. The minimum absolute atomic E-state index is 0.0494. The summed E-state index contributed by atoms with van der Waals surface area (Å²) >= 11 is 0. The Morgan fingerprint density at radius 3 is 3.00 bits per heavy atom. The number of hydrogen-bond donors (Lipinski definition) is 3. The summed E-state index contributed by atoms with van der Waals surface area (Å²) in [5, 5.41) is 19.5. The summed E-state index contributed by atoms with van der Waals surface area (Å²) in [5.74, 6) is -0.856. The summed E-state index contributed by atoms with van der Waals surface area (Å²) in [6.07, 6.45) is 4.06. The zero-order valence-electron chi connectivity index (χ0n) is 13.2. The van der Waals surface area contributed by atoms with Crippen molar-refractivity contribution in [2.24, 2.45) is 0 Å². The van der Waals surface area contributed by atoms with Crippen molar-refractivity contribution in [1.82, 2.24) is 10.2 Å². The molecular weight excluding hydrogens is 330 g/mol. The summed E-state index contributed by atoms with van der Waals surface area (Å²) in [6, 6.07) is 3.91. The average Bonchev–Trinajstić information content (AvgIpc) is 3.05. The SMILES string of the molecule is CCS(=O)(=O)c1ccc(O)c(NC(=O)[C@H]2CCCc3[nH]ncc32)c1. The number of carbonyl (C=O) groups is 1. The topological polar surface area (TPSA) is 112 Å². The fraction of sp³-hybridized carbons (Fsp3) is 0.375. The second kappa shape index (κ2) is 6.27. The van der Waals surface area contributed by atoms with Gasteiger partial charge in [-0.2, -0.15) is 5.10 Å². The molecule has 3 rings (SSSR count). The van der Waals surface area contributed by atoms with Crippen molar-refractivity contribution in [1.29, 1.82) is 0 Å². The fourth-order valence-electron chi connectivity index (χ4n) is 2.93. The van der Waals surface area contributed by atoms with E-state index in [1.165, 1.54) is 18.2 Å². The quantitative estimate of drug-likeness (QED) is 0.731. The molecule has 1 atom stereocenters. The number of phenolic OH excluding ortho intramolecular Hbond substituents is 1. The number of nitrogens with one attached hydrogen (secondary N) is 2. The van der Waals surface area contributed by atoms with E-state index < -0.39 is 9.84 Å². The molecule has 3 N–H and O–H groups in total. The van der Waals surface area contributed by atoms with Crippen molar-refractivity contribution < 1.29 is 18.3 Å². The van der Waals surface area contributed by atoms with Crippen molar-refractivity contribution in [2.75, 3.05) is 11.1 Å². The number of H-pyrrole nitrogens is 1. The Morgan fingerprint density at radius 1 is 1.46 bits per heavy atom. The average molecular weight is 349 g/mol. The van der Waals surface area contributed by atoms with Gasteiger partial charge in [-0.05, 0) is 37.5 Å². The highest BCUT2D eigenvalue weighted by molar-refractivity contribution is 7.91. The fourth-order valence-corrected chi connectivity index (χ4v) is 3.83. The summed E-state index contributed by atoms with van der Waals surface area (Å²) < 4.78 is 23.9. The summed E-state index contributed by atoms with van der Waals surface area (Å²) in [7, 11) is -3.42. The number of aryl methyl sites for hydroxylation is 1. The van der Waals surface area contributed by atoms with Gasteiger partial charge in [-0.25, -0.2) is 8.42 Å². The minimum Gasteiger partial charge on any atom is -0.506 e. The first-order chi connectivity index (χ1) is 11.4. The number of hydrogen-bond acceptors (Lipinski definition) is 5. The lowest BCUT2D eigenvalue weighted by Crippen LogP contribution is -2.24. The molecule has 0 saturated heterocycles. The molecule has 0 bridgehead atoms. The normalized spacial score (nSPS) is 17.3. The maximum atomic E-state index is 12.6. The van der Waals surface area contributed by atoms with Gasteiger partial charge in [0.1, 0.15) is 5.75 Å². The smallest absolute Gasteiger partial charge is 0.232 e. The third kappa shape index (κ3) is 3.01. The number of benzene rings is 1. The molecule has 0 fully saturated rings. The van der Waals surface area contributed by atoms with Crippen molar-refractivity contribution in [3.8, 4) is 5.75 Å². The molecule has 0 radical (unpaired) electrons. The van der Waals surface area contributed by atoms with Gasteiger partial charge in [-0.15, -0.1) is 0 Å². The van der Waals surface area contributed by atoms with Gasteiger partial charge in [0.2, 0.25) is 5.91 Å². The highest BCUT2D eigenvalue weighted by Gasteiger charge is 2.28. The number of sulfone groups is 1. The number of aromatic amines is 1. The van der Waals surface area contributed by atoms with Crippen LogP contribution < -0.4 is 5.32 Å². The number of nitrogens with zero attached hydrogens (tertiary/aromatic N) is 1. The van der Waals surface area contributed by atoms with Crippen molar-refractivity contribution in [2.45, 2.75) is 37.0 Å². The Labute approximate surface area is 140 Å². The zero-order valence-corrected chi connectivity index (χ0v) is 14.1. The molecule has 0 saturated carbocycles. The number of amides is 1. The molecule has 1 amide bonds. The van der Waals surface area contributed by atoms with Crippen LogP contribution in [0.3, 0.4) is 0 Å². The predicted molar refractivity (Wildman–Crippen MR) is 88.7 cm³/mol. The molecular formula is C16H19N3O4S. The monoisotopic (exact) mass is 349 g/mol. The van der Waals surface area contributed by atoms with E-state index >= 15 is 0 Å². The Hall–Kier alpha value is -2.35. The molecule has 0 aliphatic heterocycles. The van der Waals surface area contributed by atoms with Crippen LogP contribution in [0, 0.1) is 0 Å². The van der Waals surface area contributed by atoms with Crippen LogP contribution >= 0.6 is 0 Å². The van der Waals surface area contributed by atoms with E-state index in [1.54, 1.807) is 13.1 Å². The van der Waals surface area contributed by atoms with Crippen LogP contribution in [-0.4, -0.2) is 35.4 Å². The van der Waals surface area contributed by atoms with Crippen LogP contribution in [0.25, 0.3) is 0 Å². The Balaban J connectivity index is 1.87. The lowest BCUT2D eigenvalue weighted by molar-refractivity contribution is -0.117. The summed E-state index contributed by atoms with van der Waals surface area (Å²) in [5.41, 5.74) is 1.91. The molecule has 1 aromatic heterocycles. The Bertz CT molecular complexity index is 873. The van der Waals surface area contributed by atoms with Crippen LogP contribution in [0.2, 0.25) is 0 Å². The van der Waals surface area contributed by atoms with Gasteiger partial charge in [0.05, 0.1) is 28.5 Å². The predicted octanol–water partition coefficient (Wildman–Crippen LogP) is 1.97. The van der Waals surface area contributed by atoms with Crippen LogP contribution in [0.1, 0.15) is 36.9 Å². The van der Waals surface area contributed by atoms with Crippen LogP contribution in [-0.2, 0) is 21.1 Å². The molecule has 128 valence electrons. The van der Waals surface area contributed by atoms with E-state index in [4.69, 9.17) is 0 Å². The maximum Gasteiger partial charge on any atom is 0.232 e. The molecule has 0 spiro atoms. The van der Waals surface area contributed by atoms with Gasteiger partial charge < -0.3 is 10.4 Å². The number of anilines is 1. The van der Waals surface area contributed by atoms with Gasteiger partial charge in [-0.1, -0.05) is 6.92 Å². The highest BCUT2D eigenvalue weighted by Crippen LogP contribution is 2.33. The number of carbonyl (C=O) groups excluding carboxylic acids is 1. The molecule has 7 nitrogen and oxygen atoms in total. The van der Waals surface area contributed by atoms with Gasteiger partial charge in [0.15, 0.2) is 9.84 Å². The van der Waals surface area contributed by atoms with Crippen LogP contribution in [0.15, 0.2) is 29.3 Å². The van der Waals surface area contributed by atoms with E-state index in [9.17, 15) is 18.3 Å². The highest BCUT2D eigenvalue weighted by atomic mass is 32.2. The third-order valence-corrected chi connectivity index (χ3v) is 6.06. The summed E-state index contributed by atoms with van der Waals surface area (Å²) in [6.45, 7) is 1.54. The Kier molecular flexibility index (Phi) is 4.31. The number of fused-ring (bicyclic) bond motifs is 1. The molecule has 1 aliphatic rings. The first-order valence-electron chi connectivity index (χ1n) is 7.81. The van der Waals surface area contributed by atoms with Gasteiger partial charge in [0.25, 0.3) is 0 Å². The zero-order chi connectivity index (χ0) is 17.3. The van der Waals surface area contributed by atoms with E-state index in [-0.39, 0.29) is 33.9 Å². The molecule has 24 heavy (non-hydrogen) atoms. The number of phenols is 1. The second-order valence-corrected chi connectivity index (χ2v) is 8.10. The van der Waals surface area contributed by atoms with Crippen molar-refractivity contribution >= 4 is 21.4 Å². The molecule has 0 unspecified atom stereocenters. The Morgan fingerprint density at radius 2 is 2.25 bits per heavy atom. The van der Waals surface area contributed by atoms with Gasteiger partial charge >= 0.3 is 0 Å². The van der Waals surface area contributed by atoms with Crippen LogP contribution in [0.5, 0.6) is 5.75 Å². The standard InChI is InChI=1S/C16H19N3O4S/c1-2-24(22,23)10-6-7-15(20)14(8-10)18-16(21)11-4-3-5-13-12(11)9-17-19-13/h6-9,11,20H,2-5H2,1H3,(H,17,19)(H,18,21)/t11-/m0/s1. The third-order valence-electron chi connectivity index (χ3n) is 4.33. The second-order valence-electron chi connectivity index (χ2n) is 5.82. The first-order valence-corrected chi connectivity index (χ1v) is 9.46. The van der Waals surface area contributed by atoms with Gasteiger partial charge in [0, 0.05) is 11.3 Å². The largest absolute Gasteiger partial charge is 0.506 e. The maximum absolute atomic E-state index is 12.6. The first kappa shape index (κ1) is 16.5. The van der Waals surface area contributed by atoms with E-state index in [2.05, 4.69) is 15.5 Å². The van der Waals surface area contributed by atoms with E-state index in [0.717, 1.165) is 24.1 Å². The number of rotatable bonds is 4. The molecule has 1 heterocycles. The van der Waals surface area contributed by atoms with Crippen molar-refractivity contribution in [3.05, 3.63) is 35.7 Å². The van der Waals surface area contributed by atoms with Gasteiger partial charge in [-0.3, -0.25) is 9.89 Å². The molecule has 8 heteroatoms. The lowest BCUT2D eigenvalue weighted by atomic mass is 9.86. The molecule has 1 aromatic carbocycles. The number of aromatic nitrogens is 2. The molecule has 2 aromatic rings. The van der Waals surface area contributed by atoms with Crippen LogP contribution in [0.4, 0.5) is 5.69 Å². The lowest BCUT2D eigenvalue weighted by Gasteiger charge is -2.21. The minimum atomic E-state index is -3.42. The van der Waals surface area contributed by atoms with E-state index in [0.29, 0.717) is 6.42 Å². The summed E-state index contributed by atoms with van der Waals surface area (Å²) in [4.78, 5) is 12.7. The van der Waals surface area contributed by atoms with E-state index in [1.807, 2.05) is 0 Å². The molecule has 1 aliphatic carbocycles. The van der Waals surface area contributed by atoms with Crippen molar-refractivity contribution in [3.63, 3.8) is 0 Å².